The highest BCUT2D eigenvalue weighted by Gasteiger charge is 2.32. The second-order valence-corrected chi connectivity index (χ2v) is 2.86. The number of pyridine rings is 1. The molecule has 0 atom stereocenters. The summed E-state index contributed by atoms with van der Waals surface area (Å²) in [5.74, 6) is 0. The summed E-state index contributed by atoms with van der Waals surface area (Å²) < 4.78 is 36.2. The van der Waals surface area contributed by atoms with Gasteiger partial charge in [-0.1, -0.05) is 24.6 Å². The third kappa shape index (κ3) is 2.34. The van der Waals surface area contributed by atoms with Crippen molar-refractivity contribution in [3.8, 4) is 0 Å². The van der Waals surface area contributed by atoms with E-state index in [0.717, 1.165) is 6.07 Å². The van der Waals surface area contributed by atoms with Crippen molar-refractivity contribution in [2.24, 2.45) is 0 Å². The molecule has 0 saturated carbocycles. The number of nitrogens with zero attached hydrogens (tertiary/aromatic N) is 1. The topological polar surface area (TPSA) is 12.9 Å². The van der Waals surface area contributed by atoms with E-state index < -0.39 is 11.9 Å². The van der Waals surface area contributed by atoms with Gasteiger partial charge >= 0.3 is 6.18 Å². The predicted molar refractivity (Wildman–Crippen MR) is 43.6 cm³/mol. The predicted octanol–water partition coefficient (Wildman–Crippen LogP) is 3.32. The van der Waals surface area contributed by atoms with Crippen LogP contribution in [0.3, 0.4) is 0 Å². The lowest BCUT2D eigenvalue weighted by atomic mass is 10.2. The Balaban J connectivity index is 3.10. The molecule has 0 aliphatic rings. The van der Waals surface area contributed by atoms with E-state index in [2.05, 4.69) is 4.98 Å². The first-order valence-corrected chi connectivity index (χ1v) is 4.05. The van der Waals surface area contributed by atoms with Gasteiger partial charge in [0.15, 0.2) is 0 Å². The van der Waals surface area contributed by atoms with Crippen LogP contribution in [0, 0.1) is 0 Å². The lowest BCUT2D eigenvalue weighted by Gasteiger charge is -2.07. The van der Waals surface area contributed by atoms with Crippen LogP contribution in [0.25, 0.3) is 0 Å². The van der Waals surface area contributed by atoms with Gasteiger partial charge in [0.1, 0.15) is 10.8 Å². The number of hydrogen-bond donors (Lipinski definition) is 0. The van der Waals surface area contributed by atoms with Crippen molar-refractivity contribution >= 4 is 11.6 Å². The van der Waals surface area contributed by atoms with Crippen molar-refractivity contribution < 1.29 is 13.2 Å². The minimum atomic E-state index is -4.42. The number of hydrogen-bond acceptors (Lipinski definition) is 1. The third-order valence-electron chi connectivity index (χ3n) is 1.60. The van der Waals surface area contributed by atoms with Gasteiger partial charge in [0.2, 0.25) is 0 Å². The summed E-state index contributed by atoms with van der Waals surface area (Å²) in [6, 6.07) is 2.28. The Morgan fingerprint density at radius 1 is 1.38 bits per heavy atom. The molecule has 0 aliphatic heterocycles. The molecule has 13 heavy (non-hydrogen) atoms. The number of aryl methyl sites for hydroxylation is 1. The summed E-state index contributed by atoms with van der Waals surface area (Å²) in [6.45, 7) is 1.80. The zero-order valence-corrected chi connectivity index (χ0v) is 7.58. The van der Waals surface area contributed by atoms with Crippen molar-refractivity contribution in [1.82, 2.24) is 4.98 Å². The van der Waals surface area contributed by atoms with Gasteiger partial charge in [-0.3, -0.25) is 0 Å². The molecular weight excluding hydrogens is 203 g/mol. The standard InChI is InChI=1S/C8H7ClF3N/c1-2-5-3-4-6(8(10,11)12)13-7(5)9/h3-4H,2H2,1H3. The van der Waals surface area contributed by atoms with Gasteiger partial charge in [0, 0.05) is 0 Å². The molecule has 0 bridgehead atoms. The molecule has 1 nitrogen and oxygen atoms in total. The maximum Gasteiger partial charge on any atom is 0.433 e. The molecule has 0 amide bonds. The molecule has 1 aromatic heterocycles. The van der Waals surface area contributed by atoms with E-state index >= 15 is 0 Å². The normalized spacial score (nSPS) is 11.8. The molecule has 1 heterocycles. The largest absolute Gasteiger partial charge is 0.433 e. The highest BCUT2D eigenvalue weighted by Crippen LogP contribution is 2.29. The summed E-state index contributed by atoms with van der Waals surface area (Å²) in [5, 5.41) is -0.0719. The van der Waals surface area contributed by atoms with E-state index in [1.54, 1.807) is 6.92 Å². The zero-order chi connectivity index (χ0) is 10.1. The third-order valence-corrected chi connectivity index (χ3v) is 1.92. The second-order valence-electron chi connectivity index (χ2n) is 2.50. The molecule has 0 radical (unpaired) electrons. The smallest absolute Gasteiger partial charge is 0.231 e. The van der Waals surface area contributed by atoms with E-state index in [1.807, 2.05) is 0 Å². The lowest BCUT2D eigenvalue weighted by Crippen LogP contribution is -2.08. The van der Waals surface area contributed by atoms with Crippen LogP contribution in [0.1, 0.15) is 18.2 Å². The molecule has 0 N–H and O–H groups in total. The summed E-state index contributed by atoms with van der Waals surface area (Å²) >= 11 is 5.52. The summed E-state index contributed by atoms with van der Waals surface area (Å²) in [7, 11) is 0. The molecule has 0 spiro atoms. The molecule has 72 valence electrons. The number of rotatable bonds is 1. The van der Waals surface area contributed by atoms with Crippen LogP contribution in [-0.2, 0) is 12.6 Å². The highest BCUT2D eigenvalue weighted by molar-refractivity contribution is 6.30. The van der Waals surface area contributed by atoms with Crippen molar-refractivity contribution in [3.05, 3.63) is 28.5 Å². The Bertz CT molecular complexity index is 309. The van der Waals surface area contributed by atoms with Crippen molar-refractivity contribution in [3.63, 3.8) is 0 Å². The first-order chi connectivity index (χ1) is 5.95. The number of aromatic nitrogens is 1. The fraction of sp³-hybridized carbons (Fsp3) is 0.375. The molecule has 0 unspecified atom stereocenters. The molecule has 0 fully saturated rings. The van der Waals surface area contributed by atoms with E-state index in [4.69, 9.17) is 11.6 Å². The Hall–Kier alpha value is -0.770. The Morgan fingerprint density at radius 2 is 2.00 bits per heavy atom. The number of alkyl halides is 3. The highest BCUT2D eigenvalue weighted by atomic mass is 35.5. The van der Waals surface area contributed by atoms with E-state index in [9.17, 15) is 13.2 Å². The Labute approximate surface area is 78.5 Å². The van der Waals surface area contributed by atoms with Crippen molar-refractivity contribution in [1.29, 1.82) is 0 Å². The van der Waals surface area contributed by atoms with Crippen LogP contribution in [-0.4, -0.2) is 4.98 Å². The van der Waals surface area contributed by atoms with Gasteiger partial charge in [-0.25, -0.2) is 4.98 Å². The average molecular weight is 210 g/mol. The molecule has 0 aromatic carbocycles. The van der Waals surface area contributed by atoms with Gasteiger partial charge in [-0.05, 0) is 18.1 Å². The Kier molecular flexibility index (Phi) is 2.81. The van der Waals surface area contributed by atoms with Crippen LogP contribution < -0.4 is 0 Å². The van der Waals surface area contributed by atoms with Crippen LogP contribution in [0.15, 0.2) is 12.1 Å². The quantitative estimate of drug-likeness (QED) is 0.647. The molecule has 1 aromatic rings. The minimum absolute atomic E-state index is 0.0719. The van der Waals surface area contributed by atoms with Crippen LogP contribution in [0.4, 0.5) is 13.2 Å². The Morgan fingerprint density at radius 3 is 2.38 bits per heavy atom. The SMILES string of the molecule is CCc1ccc(C(F)(F)F)nc1Cl. The molecule has 0 aliphatic carbocycles. The fourth-order valence-corrected chi connectivity index (χ4v) is 1.17. The van der Waals surface area contributed by atoms with E-state index in [1.165, 1.54) is 6.07 Å². The second kappa shape index (κ2) is 3.54. The first kappa shape index (κ1) is 10.3. The van der Waals surface area contributed by atoms with Crippen molar-refractivity contribution in [2.45, 2.75) is 19.5 Å². The van der Waals surface area contributed by atoms with Crippen molar-refractivity contribution in [2.75, 3.05) is 0 Å². The van der Waals surface area contributed by atoms with Gasteiger partial charge in [-0.15, -0.1) is 0 Å². The average Bonchev–Trinajstić information content (AvgIpc) is 2.02. The van der Waals surface area contributed by atoms with Crippen LogP contribution >= 0.6 is 11.6 Å². The molecule has 5 heteroatoms. The van der Waals surface area contributed by atoms with Crippen LogP contribution in [0.2, 0.25) is 5.15 Å². The van der Waals surface area contributed by atoms with E-state index in [-0.39, 0.29) is 5.15 Å². The molecule has 0 saturated heterocycles. The number of halogens is 4. The summed E-state index contributed by atoms with van der Waals surface area (Å²) in [4.78, 5) is 3.26. The fourth-order valence-electron chi connectivity index (χ4n) is 0.885. The minimum Gasteiger partial charge on any atom is -0.231 e. The lowest BCUT2D eigenvalue weighted by molar-refractivity contribution is -0.141. The van der Waals surface area contributed by atoms with Gasteiger partial charge in [0.05, 0.1) is 0 Å². The van der Waals surface area contributed by atoms with Gasteiger partial charge in [-0.2, -0.15) is 13.2 Å². The molecular formula is C8H7ClF3N. The van der Waals surface area contributed by atoms with Crippen LogP contribution in [0.5, 0.6) is 0 Å². The van der Waals surface area contributed by atoms with Gasteiger partial charge in [0.25, 0.3) is 0 Å². The summed E-state index contributed by atoms with van der Waals surface area (Å²) in [5.41, 5.74) is -0.329. The monoisotopic (exact) mass is 209 g/mol. The van der Waals surface area contributed by atoms with E-state index in [0.29, 0.717) is 12.0 Å². The maximum atomic E-state index is 12.1. The maximum absolute atomic E-state index is 12.1. The first-order valence-electron chi connectivity index (χ1n) is 3.67. The zero-order valence-electron chi connectivity index (χ0n) is 6.82. The van der Waals surface area contributed by atoms with Gasteiger partial charge < -0.3 is 0 Å². The summed E-state index contributed by atoms with van der Waals surface area (Å²) in [6.07, 6.45) is -3.85. The molecule has 1 rings (SSSR count).